The molecule has 0 aromatic rings. The zero-order chi connectivity index (χ0) is 9.94. The molecule has 1 nitrogen and oxygen atoms in total. The van der Waals surface area contributed by atoms with Crippen LogP contribution in [0.1, 0.15) is 52.4 Å². The molecule has 0 aliphatic carbocycles. The maximum Gasteiger partial charge on any atom is 0.0333 e. The van der Waals surface area contributed by atoms with Crippen LogP contribution in [-0.2, 0) is 0 Å². The Hall–Kier alpha value is 0.250. The predicted molar refractivity (Wildman–Crippen MR) is 61.6 cm³/mol. The van der Waals surface area contributed by atoms with Crippen molar-refractivity contribution in [2.75, 3.05) is 13.1 Å². The first kappa shape index (κ1) is 13.2. The summed E-state index contributed by atoms with van der Waals surface area (Å²) in [5.41, 5.74) is 0. The van der Waals surface area contributed by atoms with E-state index >= 15 is 0 Å². The second-order valence-corrected chi connectivity index (χ2v) is 4.22. The quantitative estimate of drug-likeness (QED) is 0.449. The number of halogens is 1. The minimum atomic E-state index is 0.406. The van der Waals surface area contributed by atoms with Crippen molar-refractivity contribution in [3.63, 3.8) is 0 Å². The molecule has 0 aliphatic rings. The summed E-state index contributed by atoms with van der Waals surface area (Å²) in [7, 11) is 0. The second kappa shape index (κ2) is 10.3. The normalized spacial score (nSPS) is 13.2. The molecule has 1 unspecified atom stereocenters. The van der Waals surface area contributed by atoms with Crippen LogP contribution in [0.5, 0.6) is 0 Å². The van der Waals surface area contributed by atoms with Crippen molar-refractivity contribution in [2.45, 2.75) is 57.7 Å². The van der Waals surface area contributed by atoms with Crippen molar-refractivity contribution in [1.82, 2.24) is 5.32 Å². The summed E-state index contributed by atoms with van der Waals surface area (Å²) in [6.45, 7) is 6.69. The van der Waals surface area contributed by atoms with E-state index in [9.17, 15) is 0 Å². The van der Waals surface area contributed by atoms with Crippen LogP contribution < -0.4 is 5.32 Å². The molecule has 2 heteroatoms. The predicted octanol–water partition coefficient (Wildman–Crippen LogP) is 3.56. The minimum Gasteiger partial charge on any atom is -0.317 e. The fraction of sp³-hybridized carbons (Fsp3) is 1.00. The highest BCUT2D eigenvalue weighted by molar-refractivity contribution is 6.20. The Kier molecular flexibility index (Phi) is 10.5. The number of alkyl halides is 1. The average molecular weight is 206 g/mol. The van der Waals surface area contributed by atoms with Gasteiger partial charge >= 0.3 is 0 Å². The van der Waals surface area contributed by atoms with Crippen molar-refractivity contribution < 1.29 is 0 Å². The lowest BCUT2D eigenvalue weighted by Crippen LogP contribution is -2.15. The van der Waals surface area contributed by atoms with E-state index in [1.807, 2.05) is 0 Å². The van der Waals surface area contributed by atoms with Gasteiger partial charge in [0.15, 0.2) is 0 Å². The summed E-state index contributed by atoms with van der Waals surface area (Å²) < 4.78 is 0. The van der Waals surface area contributed by atoms with Gasteiger partial charge in [0.05, 0.1) is 0 Å². The Bertz CT molecular complexity index is 96.1. The largest absolute Gasteiger partial charge is 0.317 e. The Balaban J connectivity index is 2.91. The summed E-state index contributed by atoms with van der Waals surface area (Å²) in [5.74, 6) is 0. The molecule has 0 spiro atoms. The van der Waals surface area contributed by atoms with Crippen molar-refractivity contribution in [3.05, 3.63) is 0 Å². The number of unbranched alkanes of at least 4 members (excludes halogenated alkanes) is 2. The van der Waals surface area contributed by atoms with Crippen LogP contribution in [0.15, 0.2) is 0 Å². The third kappa shape index (κ3) is 10.2. The third-order valence-electron chi connectivity index (χ3n) is 2.24. The maximum absolute atomic E-state index is 6.01. The van der Waals surface area contributed by atoms with Crippen LogP contribution in [0, 0.1) is 0 Å². The highest BCUT2D eigenvalue weighted by Crippen LogP contribution is 2.11. The van der Waals surface area contributed by atoms with Gasteiger partial charge in [-0.05, 0) is 38.8 Å². The lowest BCUT2D eigenvalue weighted by Gasteiger charge is -2.06. The van der Waals surface area contributed by atoms with Crippen LogP contribution in [-0.4, -0.2) is 18.5 Å². The van der Waals surface area contributed by atoms with E-state index in [-0.39, 0.29) is 0 Å². The van der Waals surface area contributed by atoms with Gasteiger partial charge in [0.25, 0.3) is 0 Å². The minimum absolute atomic E-state index is 0.406. The molecule has 0 aromatic heterocycles. The molecule has 0 fully saturated rings. The van der Waals surface area contributed by atoms with Gasteiger partial charge in [-0.1, -0.05) is 26.7 Å². The van der Waals surface area contributed by atoms with E-state index in [4.69, 9.17) is 11.6 Å². The summed E-state index contributed by atoms with van der Waals surface area (Å²) >= 11 is 6.01. The number of hydrogen-bond acceptors (Lipinski definition) is 1. The third-order valence-corrected chi connectivity index (χ3v) is 2.77. The van der Waals surface area contributed by atoms with Crippen LogP contribution >= 0.6 is 11.6 Å². The van der Waals surface area contributed by atoms with Gasteiger partial charge in [0.2, 0.25) is 0 Å². The zero-order valence-electron chi connectivity index (χ0n) is 9.11. The highest BCUT2D eigenvalue weighted by atomic mass is 35.5. The molecule has 0 rings (SSSR count). The molecule has 0 saturated heterocycles. The number of hydrogen-bond donors (Lipinski definition) is 1. The Labute approximate surface area is 88.2 Å². The molecule has 0 radical (unpaired) electrons. The summed E-state index contributed by atoms with van der Waals surface area (Å²) in [6.07, 6.45) is 7.43. The van der Waals surface area contributed by atoms with Gasteiger partial charge in [0, 0.05) is 5.38 Å². The molecule has 80 valence electrons. The van der Waals surface area contributed by atoms with E-state index in [1.165, 1.54) is 38.6 Å². The van der Waals surface area contributed by atoms with E-state index in [0.29, 0.717) is 5.38 Å². The van der Waals surface area contributed by atoms with Crippen LogP contribution in [0.4, 0.5) is 0 Å². The lowest BCUT2D eigenvalue weighted by molar-refractivity contribution is 0.573. The van der Waals surface area contributed by atoms with E-state index in [1.54, 1.807) is 0 Å². The fourth-order valence-corrected chi connectivity index (χ4v) is 1.45. The molecule has 1 atom stereocenters. The summed E-state index contributed by atoms with van der Waals surface area (Å²) in [4.78, 5) is 0. The van der Waals surface area contributed by atoms with E-state index in [0.717, 1.165) is 13.0 Å². The first-order valence-electron chi connectivity index (χ1n) is 5.66. The molecule has 0 amide bonds. The first-order chi connectivity index (χ1) is 6.31. The van der Waals surface area contributed by atoms with Crippen molar-refractivity contribution in [1.29, 1.82) is 0 Å². The summed E-state index contributed by atoms with van der Waals surface area (Å²) in [6, 6.07) is 0. The van der Waals surface area contributed by atoms with Crippen LogP contribution in [0.2, 0.25) is 0 Å². The molecule has 0 saturated carbocycles. The van der Waals surface area contributed by atoms with E-state index < -0.39 is 0 Å². The average Bonchev–Trinajstić information content (AvgIpc) is 2.16. The zero-order valence-corrected chi connectivity index (χ0v) is 9.87. The molecule has 0 aromatic carbocycles. The summed E-state index contributed by atoms with van der Waals surface area (Å²) in [5, 5.41) is 3.81. The first-order valence-corrected chi connectivity index (χ1v) is 6.09. The van der Waals surface area contributed by atoms with Crippen LogP contribution in [0.3, 0.4) is 0 Å². The second-order valence-electron chi connectivity index (χ2n) is 3.60. The van der Waals surface area contributed by atoms with Crippen molar-refractivity contribution >= 4 is 11.6 Å². The maximum atomic E-state index is 6.01. The van der Waals surface area contributed by atoms with Crippen molar-refractivity contribution in [2.24, 2.45) is 0 Å². The smallest absolute Gasteiger partial charge is 0.0333 e. The van der Waals surface area contributed by atoms with Gasteiger partial charge in [0.1, 0.15) is 0 Å². The Morgan fingerprint density at radius 3 is 2.46 bits per heavy atom. The van der Waals surface area contributed by atoms with Gasteiger partial charge in [-0.2, -0.15) is 0 Å². The SMILES string of the molecule is CCCNCCCCCC(Cl)CC. The fourth-order valence-electron chi connectivity index (χ4n) is 1.30. The van der Waals surface area contributed by atoms with E-state index in [2.05, 4.69) is 19.2 Å². The number of nitrogens with one attached hydrogen (secondary N) is 1. The van der Waals surface area contributed by atoms with Gasteiger partial charge in [-0.15, -0.1) is 11.6 Å². The molecule has 0 heterocycles. The lowest BCUT2D eigenvalue weighted by atomic mass is 10.1. The number of rotatable bonds is 9. The highest BCUT2D eigenvalue weighted by Gasteiger charge is 1.99. The Morgan fingerprint density at radius 2 is 1.85 bits per heavy atom. The molecular formula is C11H24ClN. The molecular weight excluding hydrogens is 182 g/mol. The van der Waals surface area contributed by atoms with Crippen molar-refractivity contribution in [3.8, 4) is 0 Å². The topological polar surface area (TPSA) is 12.0 Å². The molecule has 1 N–H and O–H groups in total. The Morgan fingerprint density at radius 1 is 1.08 bits per heavy atom. The van der Waals surface area contributed by atoms with Gasteiger partial charge in [-0.3, -0.25) is 0 Å². The molecule has 13 heavy (non-hydrogen) atoms. The monoisotopic (exact) mass is 205 g/mol. The van der Waals surface area contributed by atoms with Gasteiger partial charge in [-0.25, -0.2) is 0 Å². The molecule has 0 bridgehead atoms. The standard InChI is InChI=1S/C11H24ClN/c1-3-9-13-10-7-5-6-8-11(12)4-2/h11,13H,3-10H2,1-2H3. The van der Waals surface area contributed by atoms with Crippen LogP contribution in [0.25, 0.3) is 0 Å². The molecule has 0 aliphatic heterocycles. The van der Waals surface area contributed by atoms with Gasteiger partial charge < -0.3 is 5.32 Å².